The number of likely N-dealkylation sites (tertiary alicyclic amines) is 1. The highest BCUT2D eigenvalue weighted by molar-refractivity contribution is 6.02. The van der Waals surface area contributed by atoms with E-state index in [2.05, 4.69) is 82.5 Å². The zero-order valence-corrected chi connectivity index (χ0v) is 26.0. The Morgan fingerprint density at radius 3 is 2.60 bits per heavy atom. The fourth-order valence-corrected chi connectivity index (χ4v) is 8.19. The summed E-state index contributed by atoms with van der Waals surface area (Å²) in [5.74, 6) is 2.62. The maximum atomic E-state index is 13.8. The predicted molar refractivity (Wildman–Crippen MR) is 178 cm³/mol. The van der Waals surface area contributed by atoms with Crippen LogP contribution in [0.25, 0.3) is 55.5 Å². The SMILES string of the molecule is COc1cc(C(=O)N2CC3CCC2[C@@H]3N)cc2nc(-c3cc4cccc(-c5ccc6ccn(C)c6c5)c4n3CC3CC3)n(C)c12. The number of aromatic nitrogens is 4. The second-order valence-corrected chi connectivity index (χ2v) is 13.5. The molecule has 0 radical (unpaired) electrons. The molecule has 2 unspecified atom stereocenters. The Hall–Kier alpha value is -4.56. The number of hydrogen-bond acceptors (Lipinski definition) is 4. The van der Waals surface area contributed by atoms with Crippen LogP contribution < -0.4 is 10.5 Å². The molecule has 0 spiro atoms. The van der Waals surface area contributed by atoms with Crippen LogP contribution in [0.1, 0.15) is 36.0 Å². The van der Waals surface area contributed by atoms with Crippen molar-refractivity contribution in [3.8, 4) is 28.4 Å². The number of imidazole rings is 1. The number of nitrogens with zero attached hydrogens (tertiary/aromatic N) is 5. The average Bonchev–Trinajstić information content (AvgIpc) is 3.27. The molecule has 3 aromatic heterocycles. The van der Waals surface area contributed by atoms with Crippen molar-refractivity contribution >= 4 is 38.7 Å². The summed E-state index contributed by atoms with van der Waals surface area (Å²) in [4.78, 5) is 21.0. The zero-order valence-electron chi connectivity index (χ0n) is 26.0. The number of benzene rings is 3. The molecule has 1 amide bonds. The van der Waals surface area contributed by atoms with Crippen molar-refractivity contribution < 1.29 is 9.53 Å². The van der Waals surface area contributed by atoms with Crippen molar-refractivity contribution in [1.29, 1.82) is 0 Å². The van der Waals surface area contributed by atoms with Crippen LogP contribution >= 0.6 is 0 Å². The maximum Gasteiger partial charge on any atom is 0.254 e. The molecule has 45 heavy (non-hydrogen) atoms. The molecule has 2 bridgehead atoms. The van der Waals surface area contributed by atoms with Crippen LogP contribution in [0.15, 0.2) is 66.9 Å². The Morgan fingerprint density at radius 1 is 0.978 bits per heavy atom. The van der Waals surface area contributed by atoms with Crippen LogP contribution in [0.3, 0.4) is 0 Å². The lowest BCUT2D eigenvalue weighted by molar-refractivity contribution is 0.0700. The van der Waals surface area contributed by atoms with Crippen molar-refractivity contribution in [2.24, 2.45) is 31.7 Å². The normalized spacial score (nSPS) is 21.2. The highest BCUT2D eigenvalue weighted by atomic mass is 16.5. The first kappa shape index (κ1) is 26.8. The number of rotatable bonds is 6. The molecule has 1 aliphatic heterocycles. The number of amides is 1. The Morgan fingerprint density at radius 2 is 1.84 bits per heavy atom. The number of methoxy groups -OCH3 is 1. The van der Waals surface area contributed by atoms with Crippen molar-refractivity contribution in [3.05, 3.63) is 72.4 Å². The summed E-state index contributed by atoms with van der Waals surface area (Å²) in [7, 11) is 5.82. The maximum absolute atomic E-state index is 13.8. The summed E-state index contributed by atoms with van der Waals surface area (Å²) >= 11 is 0. The van der Waals surface area contributed by atoms with Crippen LogP contribution in [0.2, 0.25) is 0 Å². The minimum atomic E-state index is 0.0210. The van der Waals surface area contributed by atoms with Gasteiger partial charge in [0.1, 0.15) is 11.3 Å². The molecular formula is C37H38N6O2. The summed E-state index contributed by atoms with van der Waals surface area (Å²) < 4.78 is 12.7. The summed E-state index contributed by atoms with van der Waals surface area (Å²) in [5, 5.41) is 2.44. The smallest absolute Gasteiger partial charge is 0.254 e. The lowest BCUT2D eigenvalue weighted by Crippen LogP contribution is -2.41. The molecule has 2 saturated carbocycles. The van der Waals surface area contributed by atoms with Gasteiger partial charge in [-0.05, 0) is 78.8 Å². The van der Waals surface area contributed by atoms with Gasteiger partial charge in [-0.3, -0.25) is 4.79 Å². The first-order valence-corrected chi connectivity index (χ1v) is 16.2. The molecule has 228 valence electrons. The third kappa shape index (κ3) is 4.01. The Bertz CT molecular complexity index is 2160. The summed E-state index contributed by atoms with van der Waals surface area (Å²) in [6.45, 7) is 1.68. The molecule has 3 atom stereocenters. The van der Waals surface area contributed by atoms with Crippen molar-refractivity contribution in [3.63, 3.8) is 0 Å². The van der Waals surface area contributed by atoms with E-state index >= 15 is 0 Å². The number of para-hydroxylation sites is 1. The van der Waals surface area contributed by atoms with E-state index in [4.69, 9.17) is 15.5 Å². The van der Waals surface area contributed by atoms with Gasteiger partial charge in [-0.2, -0.15) is 0 Å². The van der Waals surface area contributed by atoms with E-state index in [1.165, 1.54) is 45.8 Å². The van der Waals surface area contributed by atoms with E-state index in [0.717, 1.165) is 48.5 Å². The van der Waals surface area contributed by atoms with Crippen molar-refractivity contribution in [1.82, 2.24) is 23.6 Å². The highest BCUT2D eigenvalue weighted by Gasteiger charge is 2.47. The van der Waals surface area contributed by atoms with Gasteiger partial charge in [0, 0.05) is 67.5 Å². The number of hydrogen-bond donors (Lipinski definition) is 1. The first-order valence-electron chi connectivity index (χ1n) is 16.2. The van der Waals surface area contributed by atoms with E-state index in [1.54, 1.807) is 7.11 Å². The van der Waals surface area contributed by atoms with E-state index in [-0.39, 0.29) is 18.0 Å². The number of fused-ring (bicyclic) bond motifs is 5. The largest absolute Gasteiger partial charge is 0.494 e. The molecule has 1 saturated heterocycles. The number of aryl methyl sites for hydroxylation is 2. The van der Waals surface area contributed by atoms with E-state index in [1.807, 2.05) is 17.0 Å². The molecule has 2 aliphatic carbocycles. The Balaban J connectivity index is 1.20. The van der Waals surface area contributed by atoms with Gasteiger partial charge in [-0.1, -0.05) is 30.3 Å². The third-order valence-corrected chi connectivity index (χ3v) is 10.8. The van der Waals surface area contributed by atoms with Crippen LogP contribution in [0.5, 0.6) is 5.75 Å². The quantitative estimate of drug-likeness (QED) is 0.243. The molecule has 8 heteroatoms. The van der Waals surface area contributed by atoms with Gasteiger partial charge in [-0.15, -0.1) is 0 Å². The lowest BCUT2D eigenvalue weighted by atomic mass is 10.0. The zero-order chi connectivity index (χ0) is 30.6. The molecule has 4 heterocycles. The van der Waals surface area contributed by atoms with E-state index < -0.39 is 0 Å². The predicted octanol–water partition coefficient (Wildman–Crippen LogP) is 6.33. The first-order chi connectivity index (χ1) is 21.9. The number of nitrogens with two attached hydrogens (primary N) is 1. The number of ether oxygens (including phenoxy) is 1. The third-order valence-electron chi connectivity index (χ3n) is 10.8. The fourth-order valence-electron chi connectivity index (χ4n) is 8.19. The standard InChI is InChI=1S/C37H38N6O2/c1-40-14-13-22-9-10-23(16-30(22)40)27-6-4-5-24-17-31(42(34(24)27)19-21-7-8-21)36-39-28-15-26(18-32(45-3)35(28)41(36)2)37(44)43-20-25-11-12-29(43)33(25)38/h4-6,9-10,13-18,21,25,29,33H,7-8,11-12,19-20,38H2,1-3H3/t25?,29?,33-/m1/s1. The summed E-state index contributed by atoms with van der Waals surface area (Å²) in [6.07, 6.45) is 6.71. The summed E-state index contributed by atoms with van der Waals surface area (Å²) in [5.41, 5.74) is 14.7. The lowest BCUT2D eigenvalue weighted by Gasteiger charge is -2.27. The van der Waals surface area contributed by atoms with Crippen molar-refractivity contribution in [2.45, 2.75) is 44.3 Å². The van der Waals surface area contributed by atoms with Gasteiger partial charge >= 0.3 is 0 Å². The number of carbonyl (C=O) groups excluding carboxylic acids is 1. The highest BCUT2D eigenvalue weighted by Crippen LogP contribution is 2.42. The Kier molecular flexibility index (Phi) is 5.79. The van der Waals surface area contributed by atoms with Crippen LogP contribution in [0, 0.1) is 11.8 Å². The molecular weight excluding hydrogens is 560 g/mol. The molecule has 3 aromatic carbocycles. The molecule has 3 fully saturated rings. The van der Waals surface area contributed by atoms with Crippen LogP contribution in [0.4, 0.5) is 0 Å². The topological polar surface area (TPSA) is 83.2 Å². The fraction of sp³-hybridized carbons (Fsp3) is 0.351. The monoisotopic (exact) mass is 598 g/mol. The Labute approximate surface area is 262 Å². The number of carbonyl (C=O) groups is 1. The van der Waals surface area contributed by atoms with Crippen molar-refractivity contribution in [2.75, 3.05) is 13.7 Å². The molecule has 3 aliphatic rings. The van der Waals surface area contributed by atoms with Crippen LogP contribution in [-0.2, 0) is 20.6 Å². The number of piperidine rings is 1. The van der Waals surface area contributed by atoms with E-state index in [0.29, 0.717) is 23.1 Å². The second-order valence-electron chi connectivity index (χ2n) is 13.5. The van der Waals surface area contributed by atoms with Gasteiger partial charge in [0.25, 0.3) is 5.91 Å². The average molecular weight is 599 g/mol. The van der Waals surface area contributed by atoms with Crippen LogP contribution in [-0.4, -0.2) is 55.2 Å². The van der Waals surface area contributed by atoms with Gasteiger partial charge in [0.15, 0.2) is 5.82 Å². The minimum absolute atomic E-state index is 0.0210. The summed E-state index contributed by atoms with van der Waals surface area (Å²) in [6, 6.07) is 21.8. The van der Waals surface area contributed by atoms with Gasteiger partial charge < -0.3 is 29.1 Å². The molecule has 6 aromatic rings. The minimum Gasteiger partial charge on any atom is -0.494 e. The molecule has 9 rings (SSSR count). The van der Waals surface area contributed by atoms with Gasteiger partial charge in [-0.25, -0.2) is 4.98 Å². The van der Waals surface area contributed by atoms with E-state index in [9.17, 15) is 4.79 Å². The van der Waals surface area contributed by atoms with Gasteiger partial charge in [0.2, 0.25) is 0 Å². The second kappa shape index (κ2) is 9.72. The molecule has 2 N–H and O–H groups in total. The molecule has 8 nitrogen and oxygen atoms in total. The van der Waals surface area contributed by atoms with Gasteiger partial charge in [0.05, 0.1) is 23.8 Å².